The first-order chi connectivity index (χ1) is 12.1. The molecule has 0 aromatic heterocycles. The summed E-state index contributed by atoms with van der Waals surface area (Å²) in [7, 11) is 3.13. The maximum atomic E-state index is 12.6. The quantitative estimate of drug-likeness (QED) is 0.840. The zero-order chi connectivity index (χ0) is 18.2. The van der Waals surface area contributed by atoms with Crippen LogP contribution in [-0.2, 0) is 4.79 Å². The molecule has 0 aliphatic heterocycles. The summed E-state index contributed by atoms with van der Waals surface area (Å²) >= 11 is 0. The number of anilines is 1. The molecule has 0 spiro atoms. The van der Waals surface area contributed by atoms with Crippen LogP contribution >= 0.6 is 0 Å². The highest BCUT2D eigenvalue weighted by molar-refractivity contribution is 5.99. The van der Waals surface area contributed by atoms with Crippen molar-refractivity contribution in [2.24, 2.45) is 0 Å². The summed E-state index contributed by atoms with van der Waals surface area (Å²) in [5.41, 5.74) is 1.13. The normalized spacial score (nSPS) is 10.0. The number of benzene rings is 2. The molecule has 0 fully saturated rings. The molecule has 2 aromatic carbocycles. The third-order valence-electron chi connectivity index (χ3n) is 3.69. The molecule has 0 aliphatic rings. The molecule has 2 amide bonds. The molecule has 0 atom stereocenters. The topological polar surface area (TPSA) is 67.9 Å². The maximum Gasteiger partial charge on any atom is 0.254 e. The Morgan fingerprint density at radius 1 is 1.00 bits per heavy atom. The number of hydrogen-bond donors (Lipinski definition) is 1. The lowest BCUT2D eigenvalue weighted by Gasteiger charge is -2.20. The van der Waals surface area contributed by atoms with Gasteiger partial charge in [0.15, 0.2) is 0 Å². The number of rotatable bonds is 7. The van der Waals surface area contributed by atoms with Crippen LogP contribution in [0.1, 0.15) is 17.3 Å². The van der Waals surface area contributed by atoms with E-state index in [0.717, 1.165) is 0 Å². The Bertz CT molecular complexity index is 728. The molecule has 0 saturated carbocycles. The molecule has 0 heterocycles. The Morgan fingerprint density at radius 3 is 2.28 bits per heavy atom. The summed E-state index contributed by atoms with van der Waals surface area (Å²) in [4.78, 5) is 26.3. The maximum absolute atomic E-state index is 12.6. The van der Waals surface area contributed by atoms with Gasteiger partial charge in [-0.05, 0) is 49.4 Å². The number of nitrogens with zero attached hydrogens (tertiary/aromatic N) is 1. The van der Waals surface area contributed by atoms with Crippen LogP contribution in [0.15, 0.2) is 48.5 Å². The summed E-state index contributed by atoms with van der Waals surface area (Å²) < 4.78 is 10.2. The number of ether oxygens (including phenoxy) is 2. The summed E-state index contributed by atoms with van der Waals surface area (Å²) in [6.07, 6.45) is 0. The first-order valence-corrected chi connectivity index (χ1v) is 7.94. The van der Waals surface area contributed by atoms with Gasteiger partial charge in [-0.25, -0.2) is 0 Å². The van der Waals surface area contributed by atoms with Crippen LogP contribution in [0.2, 0.25) is 0 Å². The molecule has 0 bridgehead atoms. The SMILES string of the molecule is CCN(CC(=O)Nc1ccc(OC)cc1)C(=O)c1cccc(OC)c1. The van der Waals surface area contributed by atoms with Crippen LogP contribution in [0.3, 0.4) is 0 Å². The second kappa shape index (κ2) is 8.73. The molecule has 1 N–H and O–H groups in total. The smallest absolute Gasteiger partial charge is 0.254 e. The summed E-state index contributed by atoms with van der Waals surface area (Å²) in [6, 6.07) is 13.9. The lowest BCUT2D eigenvalue weighted by Crippen LogP contribution is -2.37. The van der Waals surface area contributed by atoms with E-state index in [9.17, 15) is 9.59 Å². The summed E-state index contributed by atoms with van der Waals surface area (Å²) in [5.74, 6) is 0.834. The van der Waals surface area contributed by atoms with Gasteiger partial charge in [0.1, 0.15) is 18.0 Å². The first-order valence-electron chi connectivity index (χ1n) is 7.94. The third kappa shape index (κ3) is 4.97. The van der Waals surface area contributed by atoms with Crippen molar-refractivity contribution in [3.05, 3.63) is 54.1 Å². The summed E-state index contributed by atoms with van der Waals surface area (Å²) in [5, 5.41) is 2.77. The largest absolute Gasteiger partial charge is 0.497 e. The zero-order valence-corrected chi connectivity index (χ0v) is 14.6. The van der Waals surface area contributed by atoms with E-state index in [4.69, 9.17) is 9.47 Å². The molecule has 6 heteroatoms. The van der Waals surface area contributed by atoms with Gasteiger partial charge in [-0.15, -0.1) is 0 Å². The second-order valence-corrected chi connectivity index (χ2v) is 5.33. The fourth-order valence-corrected chi connectivity index (χ4v) is 2.31. The fourth-order valence-electron chi connectivity index (χ4n) is 2.31. The van der Waals surface area contributed by atoms with Gasteiger partial charge in [-0.1, -0.05) is 6.07 Å². The molecule has 0 aliphatic carbocycles. The van der Waals surface area contributed by atoms with Gasteiger partial charge < -0.3 is 19.7 Å². The van der Waals surface area contributed by atoms with Crippen molar-refractivity contribution in [3.63, 3.8) is 0 Å². The van der Waals surface area contributed by atoms with E-state index in [1.54, 1.807) is 62.8 Å². The van der Waals surface area contributed by atoms with E-state index < -0.39 is 0 Å². The van der Waals surface area contributed by atoms with Gasteiger partial charge in [-0.3, -0.25) is 9.59 Å². The first kappa shape index (κ1) is 18.3. The van der Waals surface area contributed by atoms with Gasteiger partial charge in [0.05, 0.1) is 14.2 Å². The van der Waals surface area contributed by atoms with Crippen LogP contribution in [-0.4, -0.2) is 44.0 Å². The average molecular weight is 342 g/mol. The van der Waals surface area contributed by atoms with Crippen molar-refractivity contribution in [2.75, 3.05) is 32.6 Å². The lowest BCUT2D eigenvalue weighted by atomic mass is 10.2. The van der Waals surface area contributed by atoms with E-state index in [0.29, 0.717) is 29.3 Å². The molecule has 0 saturated heterocycles. The predicted molar refractivity (Wildman–Crippen MR) is 96.2 cm³/mol. The minimum Gasteiger partial charge on any atom is -0.497 e. The number of carbonyl (C=O) groups is 2. The van der Waals surface area contributed by atoms with Crippen LogP contribution in [0.25, 0.3) is 0 Å². The number of hydrogen-bond acceptors (Lipinski definition) is 4. The Labute approximate surface area is 147 Å². The van der Waals surface area contributed by atoms with Gasteiger partial charge >= 0.3 is 0 Å². The van der Waals surface area contributed by atoms with Crippen molar-refractivity contribution in [3.8, 4) is 11.5 Å². The van der Waals surface area contributed by atoms with Crippen molar-refractivity contribution in [2.45, 2.75) is 6.92 Å². The van der Waals surface area contributed by atoms with Gasteiger partial charge in [0, 0.05) is 17.8 Å². The highest BCUT2D eigenvalue weighted by atomic mass is 16.5. The van der Waals surface area contributed by atoms with E-state index in [1.807, 2.05) is 6.92 Å². The van der Waals surface area contributed by atoms with Crippen molar-refractivity contribution in [1.82, 2.24) is 4.90 Å². The molecule has 25 heavy (non-hydrogen) atoms. The van der Waals surface area contributed by atoms with Gasteiger partial charge in [0.25, 0.3) is 5.91 Å². The average Bonchev–Trinajstić information content (AvgIpc) is 2.66. The van der Waals surface area contributed by atoms with Crippen molar-refractivity contribution >= 4 is 17.5 Å². The molecule has 132 valence electrons. The number of carbonyl (C=O) groups excluding carboxylic acids is 2. The van der Waals surface area contributed by atoms with E-state index in [2.05, 4.69) is 5.32 Å². The monoisotopic (exact) mass is 342 g/mol. The van der Waals surface area contributed by atoms with Gasteiger partial charge in [-0.2, -0.15) is 0 Å². The van der Waals surface area contributed by atoms with Crippen LogP contribution in [0.4, 0.5) is 5.69 Å². The highest BCUT2D eigenvalue weighted by Crippen LogP contribution is 2.16. The Balaban J connectivity index is 2.01. The molecule has 0 unspecified atom stereocenters. The van der Waals surface area contributed by atoms with Crippen LogP contribution < -0.4 is 14.8 Å². The number of nitrogens with one attached hydrogen (secondary N) is 1. The van der Waals surface area contributed by atoms with Crippen molar-refractivity contribution in [1.29, 1.82) is 0 Å². The summed E-state index contributed by atoms with van der Waals surface area (Å²) in [6.45, 7) is 2.23. The standard InChI is InChI=1S/C19H22N2O4/c1-4-21(19(23)14-6-5-7-17(12-14)25-3)13-18(22)20-15-8-10-16(24-2)11-9-15/h5-12H,4,13H2,1-3H3,(H,20,22). The van der Waals surface area contributed by atoms with Crippen molar-refractivity contribution < 1.29 is 19.1 Å². The van der Waals surface area contributed by atoms with E-state index in [-0.39, 0.29) is 18.4 Å². The van der Waals surface area contributed by atoms with Crippen LogP contribution in [0, 0.1) is 0 Å². The predicted octanol–water partition coefficient (Wildman–Crippen LogP) is 2.80. The molecule has 2 rings (SSSR count). The zero-order valence-electron chi connectivity index (χ0n) is 14.6. The minimum absolute atomic E-state index is 0.0292. The highest BCUT2D eigenvalue weighted by Gasteiger charge is 2.18. The van der Waals surface area contributed by atoms with E-state index in [1.165, 1.54) is 4.90 Å². The molecular weight excluding hydrogens is 320 g/mol. The van der Waals surface area contributed by atoms with Crippen LogP contribution in [0.5, 0.6) is 11.5 Å². The molecule has 6 nitrogen and oxygen atoms in total. The number of amides is 2. The van der Waals surface area contributed by atoms with Gasteiger partial charge in [0.2, 0.25) is 5.91 Å². The molecule has 2 aromatic rings. The lowest BCUT2D eigenvalue weighted by molar-refractivity contribution is -0.116. The Morgan fingerprint density at radius 2 is 1.68 bits per heavy atom. The second-order valence-electron chi connectivity index (χ2n) is 5.33. The third-order valence-corrected chi connectivity index (χ3v) is 3.69. The molecular formula is C19H22N2O4. The Hall–Kier alpha value is -3.02. The number of likely N-dealkylation sites (N-methyl/N-ethyl adjacent to an activating group) is 1. The number of methoxy groups -OCH3 is 2. The van der Waals surface area contributed by atoms with E-state index >= 15 is 0 Å². The fraction of sp³-hybridized carbons (Fsp3) is 0.263. The Kier molecular flexibility index (Phi) is 6.39. The minimum atomic E-state index is -0.261. The molecule has 0 radical (unpaired) electrons.